The monoisotopic (exact) mass is 574 g/mol. The van der Waals surface area contributed by atoms with Crippen LogP contribution in [-0.4, -0.2) is 39.6 Å². The lowest BCUT2D eigenvalue weighted by Gasteiger charge is -2.27. The lowest BCUT2D eigenvalue weighted by molar-refractivity contribution is -0.120. The molecule has 3 aromatic rings. The van der Waals surface area contributed by atoms with Gasteiger partial charge in [-0.25, -0.2) is 9.18 Å². The summed E-state index contributed by atoms with van der Waals surface area (Å²) in [5.74, 6) is -0.284. The van der Waals surface area contributed by atoms with E-state index >= 15 is 4.39 Å². The highest BCUT2D eigenvalue weighted by Crippen LogP contribution is 2.43. The molecule has 11 heteroatoms. The van der Waals surface area contributed by atoms with E-state index in [1.165, 1.54) is 16.7 Å². The number of carbonyl (C=O) groups is 2. The van der Waals surface area contributed by atoms with E-state index in [4.69, 9.17) is 20.8 Å². The quantitative estimate of drug-likeness (QED) is 0.372. The Labute approximate surface area is 236 Å². The topological polar surface area (TPSA) is 97.6 Å². The van der Waals surface area contributed by atoms with Gasteiger partial charge in [-0.1, -0.05) is 44.5 Å². The number of rotatable bonds is 4. The Kier molecular flexibility index (Phi) is 8.01. The molecule has 1 aromatic heterocycles. The molecule has 0 radical (unpaired) electrons. The molecule has 1 aliphatic rings. The molecule has 208 valence electrons. The molecule has 1 N–H and O–H groups in total. The Hall–Kier alpha value is -3.11. The van der Waals surface area contributed by atoms with Gasteiger partial charge in [-0.05, 0) is 51.5 Å². The van der Waals surface area contributed by atoms with Crippen LogP contribution in [0.5, 0.6) is 0 Å². The van der Waals surface area contributed by atoms with Crippen LogP contribution in [-0.2, 0) is 21.5 Å². The first-order valence-electron chi connectivity index (χ1n) is 12.5. The number of ether oxygens (including phenoxy) is 1. The van der Waals surface area contributed by atoms with Gasteiger partial charge in [0.05, 0.1) is 17.8 Å². The number of halogens is 2. The van der Waals surface area contributed by atoms with E-state index in [1.54, 1.807) is 45.9 Å². The van der Waals surface area contributed by atoms with E-state index in [9.17, 15) is 9.59 Å². The molecule has 39 heavy (non-hydrogen) atoms. The maximum absolute atomic E-state index is 15.8. The minimum Gasteiger partial charge on any atom is -0.444 e. The van der Waals surface area contributed by atoms with Crippen molar-refractivity contribution in [1.29, 1.82) is 0 Å². The summed E-state index contributed by atoms with van der Waals surface area (Å²) in [5, 5.41) is 11.5. The largest absolute Gasteiger partial charge is 0.444 e. The van der Waals surface area contributed by atoms with Gasteiger partial charge >= 0.3 is 6.09 Å². The first kappa shape index (κ1) is 28.9. The van der Waals surface area contributed by atoms with Crippen molar-refractivity contribution in [3.8, 4) is 11.5 Å². The number of alkyl carbamates (subject to hydrolysis) is 1. The molecule has 2 heterocycles. The number of amides is 2. The zero-order valence-corrected chi connectivity index (χ0v) is 24.6. The van der Waals surface area contributed by atoms with E-state index in [2.05, 4.69) is 15.5 Å². The number of nitrogens with zero attached hydrogens (tertiary/aromatic N) is 3. The van der Waals surface area contributed by atoms with Gasteiger partial charge in [-0.2, -0.15) is 0 Å². The van der Waals surface area contributed by atoms with Gasteiger partial charge in [0.25, 0.3) is 11.8 Å². The van der Waals surface area contributed by atoms with Crippen molar-refractivity contribution < 1.29 is 23.1 Å². The van der Waals surface area contributed by atoms with Crippen molar-refractivity contribution in [3.05, 3.63) is 58.2 Å². The third kappa shape index (κ3) is 6.55. The minimum absolute atomic E-state index is 0.0277. The van der Waals surface area contributed by atoms with Crippen LogP contribution < -0.4 is 10.2 Å². The third-order valence-corrected chi connectivity index (χ3v) is 7.47. The lowest BCUT2D eigenvalue weighted by Crippen LogP contribution is -2.50. The Morgan fingerprint density at radius 1 is 1.21 bits per heavy atom. The van der Waals surface area contributed by atoms with Crippen molar-refractivity contribution in [2.75, 3.05) is 10.7 Å². The van der Waals surface area contributed by atoms with Crippen LogP contribution in [0.3, 0.4) is 0 Å². The number of nitrogens with one attached hydrogen (secondary N) is 1. The molecule has 0 fully saturated rings. The molecule has 2 amide bonds. The molecule has 0 unspecified atom stereocenters. The summed E-state index contributed by atoms with van der Waals surface area (Å²) in [4.78, 5) is 28.6. The predicted molar refractivity (Wildman–Crippen MR) is 150 cm³/mol. The molecule has 0 saturated carbocycles. The average Bonchev–Trinajstić information content (AvgIpc) is 3.29. The smallest absolute Gasteiger partial charge is 0.408 e. The summed E-state index contributed by atoms with van der Waals surface area (Å²) in [6.07, 6.45) is -0.706. The molecule has 2 aromatic carbocycles. The summed E-state index contributed by atoms with van der Waals surface area (Å²) in [5.41, 5.74) is 0.574. The molecular formula is C28H32ClFN4O4S. The van der Waals surface area contributed by atoms with Crippen molar-refractivity contribution >= 4 is 41.1 Å². The van der Waals surface area contributed by atoms with Crippen molar-refractivity contribution in [1.82, 2.24) is 15.5 Å². The molecule has 0 saturated heterocycles. The molecule has 0 aliphatic carbocycles. The second-order valence-corrected chi connectivity index (χ2v) is 12.9. The van der Waals surface area contributed by atoms with Crippen molar-refractivity contribution in [2.24, 2.45) is 0 Å². The van der Waals surface area contributed by atoms with Gasteiger partial charge in [0.1, 0.15) is 17.5 Å². The first-order chi connectivity index (χ1) is 18.1. The second-order valence-electron chi connectivity index (χ2n) is 11.4. The highest BCUT2D eigenvalue weighted by Gasteiger charge is 2.36. The Bertz CT molecular complexity index is 1400. The number of benzene rings is 2. The number of carbonyl (C=O) groups excluding carboxylic acids is 2. The van der Waals surface area contributed by atoms with Crippen LogP contribution >= 0.6 is 23.4 Å². The van der Waals surface area contributed by atoms with Crippen LogP contribution in [0.4, 0.5) is 14.9 Å². The van der Waals surface area contributed by atoms with Gasteiger partial charge < -0.3 is 19.4 Å². The van der Waals surface area contributed by atoms with Crippen LogP contribution in [0.1, 0.15) is 58.6 Å². The van der Waals surface area contributed by atoms with Crippen LogP contribution in [0.25, 0.3) is 11.5 Å². The predicted octanol–water partition coefficient (Wildman–Crippen LogP) is 6.67. The molecule has 1 atom stereocenters. The van der Waals surface area contributed by atoms with Gasteiger partial charge in [0, 0.05) is 26.6 Å². The van der Waals surface area contributed by atoms with Gasteiger partial charge in [-0.15, -0.1) is 22.0 Å². The summed E-state index contributed by atoms with van der Waals surface area (Å²) in [6, 6.07) is 7.75. The fraction of sp³-hybridized carbons (Fsp3) is 0.429. The fourth-order valence-corrected chi connectivity index (χ4v) is 5.27. The fourth-order valence-electron chi connectivity index (χ4n) is 3.97. The molecule has 8 nitrogen and oxygen atoms in total. The normalized spacial score (nSPS) is 16.1. The molecule has 4 rings (SSSR count). The van der Waals surface area contributed by atoms with Crippen LogP contribution in [0.15, 0.2) is 39.6 Å². The molecule has 1 aliphatic heterocycles. The van der Waals surface area contributed by atoms with Crippen LogP contribution in [0.2, 0.25) is 5.02 Å². The zero-order chi connectivity index (χ0) is 28.7. The van der Waals surface area contributed by atoms with E-state index in [0.717, 1.165) is 5.56 Å². The van der Waals surface area contributed by atoms with E-state index < -0.39 is 29.0 Å². The SMILES string of the molecule is Cc1c(F)c(-c2nnc(C(C)(C)C)o2)cc2c1SC[C@H](NC(=O)OC(C)(C)C)C(=O)N2Cc1ccc(Cl)cc1. The molecule has 0 bridgehead atoms. The summed E-state index contributed by atoms with van der Waals surface area (Å²) >= 11 is 7.37. The standard InChI is InChI=1S/C28H32ClFN4O4S/c1-15-21(30)18(23-32-33-25(37-23)27(2,3)4)12-20-22(15)39-14-19(31-26(36)38-28(5,6)7)24(35)34(20)13-16-8-10-17(29)11-9-16/h8-12,19H,13-14H2,1-7H3,(H,31,36)/t19-/m0/s1. The van der Waals surface area contributed by atoms with E-state index in [0.29, 0.717) is 27.1 Å². The van der Waals surface area contributed by atoms with Crippen LogP contribution in [0, 0.1) is 12.7 Å². The van der Waals surface area contributed by atoms with Crippen molar-refractivity contribution in [2.45, 2.75) is 77.0 Å². The molecular weight excluding hydrogens is 543 g/mol. The van der Waals surface area contributed by atoms with Gasteiger partial charge in [0.2, 0.25) is 5.89 Å². The third-order valence-electron chi connectivity index (χ3n) is 5.91. The number of fused-ring (bicyclic) bond motifs is 1. The average molecular weight is 575 g/mol. The summed E-state index contributed by atoms with van der Waals surface area (Å²) in [6.45, 7) is 12.8. The zero-order valence-electron chi connectivity index (χ0n) is 23.0. The maximum Gasteiger partial charge on any atom is 0.408 e. The number of thioether (sulfide) groups is 1. The second kappa shape index (κ2) is 10.8. The van der Waals surface area contributed by atoms with Crippen molar-refractivity contribution in [3.63, 3.8) is 0 Å². The summed E-state index contributed by atoms with van der Waals surface area (Å²) in [7, 11) is 0. The van der Waals surface area contributed by atoms with E-state index in [1.807, 2.05) is 32.9 Å². The number of hydrogen-bond acceptors (Lipinski definition) is 7. The number of anilines is 1. The highest BCUT2D eigenvalue weighted by molar-refractivity contribution is 7.99. The number of aromatic nitrogens is 2. The first-order valence-corrected chi connectivity index (χ1v) is 13.9. The van der Waals surface area contributed by atoms with E-state index in [-0.39, 0.29) is 29.7 Å². The van der Waals surface area contributed by atoms with Gasteiger partial charge in [0.15, 0.2) is 0 Å². The maximum atomic E-state index is 15.8. The Morgan fingerprint density at radius 2 is 1.87 bits per heavy atom. The highest BCUT2D eigenvalue weighted by atomic mass is 35.5. The summed E-state index contributed by atoms with van der Waals surface area (Å²) < 4.78 is 27.0. The Morgan fingerprint density at radius 3 is 2.46 bits per heavy atom. The molecule has 0 spiro atoms. The minimum atomic E-state index is -0.911. The Balaban J connectivity index is 1.80. The number of hydrogen-bond donors (Lipinski definition) is 1. The van der Waals surface area contributed by atoms with Gasteiger partial charge in [-0.3, -0.25) is 4.79 Å². The lowest BCUT2D eigenvalue weighted by atomic mass is 9.97.